The summed E-state index contributed by atoms with van der Waals surface area (Å²) in [4.78, 5) is 1.29. The molecule has 0 atom stereocenters. The fourth-order valence-corrected chi connectivity index (χ4v) is 1.12. The van der Waals surface area contributed by atoms with Crippen LogP contribution < -0.4 is 5.32 Å². The first-order valence-corrected chi connectivity index (χ1v) is 4.80. The molecule has 0 unspecified atom stereocenters. The molecule has 0 amide bonds. The van der Waals surface area contributed by atoms with E-state index in [-0.39, 0.29) is 0 Å². The van der Waals surface area contributed by atoms with Gasteiger partial charge < -0.3 is 5.32 Å². The van der Waals surface area contributed by atoms with E-state index in [1.807, 2.05) is 13.8 Å². The van der Waals surface area contributed by atoms with Crippen molar-refractivity contribution < 1.29 is 13.2 Å². The second-order valence-corrected chi connectivity index (χ2v) is 3.82. The maximum atomic E-state index is 11.9. The second kappa shape index (κ2) is 6.24. The lowest BCUT2D eigenvalue weighted by molar-refractivity contribution is -0.143. The molecule has 0 aliphatic carbocycles. The van der Waals surface area contributed by atoms with Gasteiger partial charge in [0.25, 0.3) is 0 Å². The zero-order chi connectivity index (χ0) is 11.2. The van der Waals surface area contributed by atoms with Gasteiger partial charge in [0, 0.05) is 6.04 Å². The Morgan fingerprint density at radius 3 is 2.29 bits per heavy atom. The summed E-state index contributed by atoms with van der Waals surface area (Å²) < 4.78 is 35.7. The summed E-state index contributed by atoms with van der Waals surface area (Å²) in [5.74, 6) is 0. The molecule has 0 aliphatic heterocycles. The van der Waals surface area contributed by atoms with Crippen molar-refractivity contribution in [2.75, 3.05) is 26.7 Å². The molecule has 0 rings (SSSR count). The molecule has 86 valence electrons. The minimum absolute atomic E-state index is 0.392. The third-order valence-corrected chi connectivity index (χ3v) is 1.72. The third kappa shape index (κ3) is 9.80. The smallest absolute Gasteiger partial charge is 0.314 e. The van der Waals surface area contributed by atoms with E-state index in [2.05, 4.69) is 5.32 Å². The molecule has 0 saturated heterocycles. The van der Waals surface area contributed by atoms with Crippen LogP contribution in [0.5, 0.6) is 0 Å². The van der Waals surface area contributed by atoms with E-state index in [4.69, 9.17) is 0 Å². The van der Waals surface area contributed by atoms with Crippen molar-refractivity contribution in [1.29, 1.82) is 0 Å². The number of alkyl halides is 3. The Morgan fingerprint density at radius 1 is 1.29 bits per heavy atom. The molecular formula is C9H19F3N2. The Kier molecular flexibility index (Phi) is 6.11. The SMILES string of the molecule is CC(C)NCCCN(C)CC(F)(F)F. The minimum Gasteiger partial charge on any atom is -0.314 e. The second-order valence-electron chi connectivity index (χ2n) is 3.82. The van der Waals surface area contributed by atoms with E-state index in [1.165, 1.54) is 11.9 Å². The fraction of sp³-hybridized carbons (Fsp3) is 1.00. The molecule has 2 nitrogen and oxygen atoms in total. The van der Waals surface area contributed by atoms with Gasteiger partial charge in [-0.1, -0.05) is 13.8 Å². The van der Waals surface area contributed by atoms with Crippen LogP contribution in [0.2, 0.25) is 0 Å². The first kappa shape index (κ1) is 13.7. The summed E-state index contributed by atoms with van der Waals surface area (Å²) in [5, 5.41) is 3.16. The van der Waals surface area contributed by atoms with Crippen molar-refractivity contribution in [2.24, 2.45) is 0 Å². The summed E-state index contributed by atoms with van der Waals surface area (Å²) in [7, 11) is 1.49. The highest BCUT2D eigenvalue weighted by molar-refractivity contribution is 4.60. The number of hydrogen-bond donors (Lipinski definition) is 1. The molecule has 0 aromatic carbocycles. The fourth-order valence-electron chi connectivity index (χ4n) is 1.12. The Labute approximate surface area is 83.5 Å². The highest BCUT2D eigenvalue weighted by Crippen LogP contribution is 2.15. The molecule has 0 radical (unpaired) electrons. The molecule has 5 heteroatoms. The van der Waals surface area contributed by atoms with Crippen molar-refractivity contribution in [3.8, 4) is 0 Å². The van der Waals surface area contributed by atoms with Gasteiger partial charge in [-0.2, -0.15) is 13.2 Å². The van der Waals surface area contributed by atoms with Crippen LogP contribution >= 0.6 is 0 Å². The molecule has 0 fully saturated rings. The van der Waals surface area contributed by atoms with Crippen molar-refractivity contribution in [2.45, 2.75) is 32.5 Å². The molecule has 0 spiro atoms. The molecular weight excluding hydrogens is 193 g/mol. The molecule has 0 saturated carbocycles. The maximum Gasteiger partial charge on any atom is 0.401 e. The minimum atomic E-state index is -4.08. The Bertz CT molecular complexity index is 145. The van der Waals surface area contributed by atoms with Gasteiger partial charge in [-0.3, -0.25) is 4.90 Å². The summed E-state index contributed by atoms with van der Waals surface area (Å²) >= 11 is 0. The van der Waals surface area contributed by atoms with E-state index in [0.29, 0.717) is 12.6 Å². The quantitative estimate of drug-likeness (QED) is 0.676. The molecule has 0 aromatic heterocycles. The summed E-state index contributed by atoms with van der Waals surface area (Å²) in [6.07, 6.45) is -3.34. The van der Waals surface area contributed by atoms with Gasteiger partial charge in [0.2, 0.25) is 0 Å². The van der Waals surface area contributed by atoms with Crippen LogP contribution in [-0.2, 0) is 0 Å². The van der Waals surface area contributed by atoms with E-state index in [0.717, 1.165) is 13.0 Å². The van der Waals surface area contributed by atoms with Crippen molar-refractivity contribution in [3.05, 3.63) is 0 Å². The van der Waals surface area contributed by atoms with Crippen LogP contribution in [0.25, 0.3) is 0 Å². The van der Waals surface area contributed by atoms with E-state index < -0.39 is 12.7 Å². The Balaban J connectivity index is 3.40. The van der Waals surface area contributed by atoms with Crippen molar-refractivity contribution >= 4 is 0 Å². The number of nitrogens with one attached hydrogen (secondary N) is 1. The summed E-state index contributed by atoms with van der Waals surface area (Å²) in [6, 6.07) is 0.392. The van der Waals surface area contributed by atoms with Crippen LogP contribution in [0, 0.1) is 0 Å². The van der Waals surface area contributed by atoms with E-state index >= 15 is 0 Å². The van der Waals surface area contributed by atoms with Gasteiger partial charge in [-0.05, 0) is 26.6 Å². The first-order valence-electron chi connectivity index (χ1n) is 4.80. The highest BCUT2D eigenvalue weighted by Gasteiger charge is 2.28. The number of hydrogen-bond acceptors (Lipinski definition) is 2. The zero-order valence-corrected chi connectivity index (χ0v) is 8.99. The number of nitrogens with zero attached hydrogens (tertiary/aromatic N) is 1. The highest BCUT2D eigenvalue weighted by atomic mass is 19.4. The van der Waals surface area contributed by atoms with Gasteiger partial charge in [0.05, 0.1) is 6.54 Å². The lowest BCUT2D eigenvalue weighted by atomic mass is 10.3. The lowest BCUT2D eigenvalue weighted by Crippen LogP contribution is -2.33. The molecule has 1 N–H and O–H groups in total. The number of halogens is 3. The number of rotatable bonds is 6. The molecule has 0 heterocycles. The zero-order valence-electron chi connectivity index (χ0n) is 8.99. The molecule has 0 aromatic rings. The van der Waals surface area contributed by atoms with Crippen LogP contribution in [0.3, 0.4) is 0 Å². The van der Waals surface area contributed by atoms with Crippen molar-refractivity contribution in [3.63, 3.8) is 0 Å². The van der Waals surface area contributed by atoms with Gasteiger partial charge in [0.15, 0.2) is 0 Å². The van der Waals surface area contributed by atoms with E-state index in [9.17, 15) is 13.2 Å². The summed E-state index contributed by atoms with van der Waals surface area (Å²) in [6.45, 7) is 4.44. The first-order chi connectivity index (χ1) is 6.31. The van der Waals surface area contributed by atoms with Crippen LogP contribution in [0.15, 0.2) is 0 Å². The summed E-state index contributed by atoms with van der Waals surface area (Å²) in [5.41, 5.74) is 0. The topological polar surface area (TPSA) is 15.3 Å². The lowest BCUT2D eigenvalue weighted by Gasteiger charge is -2.18. The largest absolute Gasteiger partial charge is 0.401 e. The standard InChI is InChI=1S/C9H19F3N2/c1-8(2)13-5-4-6-14(3)7-9(10,11)12/h8,13H,4-7H2,1-3H3. The normalized spacial score (nSPS) is 12.9. The molecule has 14 heavy (non-hydrogen) atoms. The molecule has 0 bridgehead atoms. The van der Waals surface area contributed by atoms with E-state index in [1.54, 1.807) is 0 Å². The van der Waals surface area contributed by atoms with Crippen LogP contribution in [0.1, 0.15) is 20.3 Å². The average molecular weight is 212 g/mol. The average Bonchev–Trinajstić information content (AvgIpc) is 1.94. The Hall–Kier alpha value is -0.290. The van der Waals surface area contributed by atoms with Crippen LogP contribution in [0.4, 0.5) is 13.2 Å². The van der Waals surface area contributed by atoms with Gasteiger partial charge in [0.1, 0.15) is 0 Å². The monoisotopic (exact) mass is 212 g/mol. The Morgan fingerprint density at radius 2 is 1.86 bits per heavy atom. The van der Waals surface area contributed by atoms with Crippen molar-refractivity contribution in [1.82, 2.24) is 10.2 Å². The van der Waals surface area contributed by atoms with Gasteiger partial charge in [-0.25, -0.2) is 0 Å². The van der Waals surface area contributed by atoms with Gasteiger partial charge >= 0.3 is 6.18 Å². The predicted octanol–water partition coefficient (Wildman–Crippen LogP) is 1.87. The maximum absolute atomic E-state index is 11.9. The van der Waals surface area contributed by atoms with Gasteiger partial charge in [-0.15, -0.1) is 0 Å². The third-order valence-electron chi connectivity index (χ3n) is 1.72. The predicted molar refractivity (Wildman–Crippen MR) is 51.3 cm³/mol. The van der Waals surface area contributed by atoms with Crippen LogP contribution in [-0.4, -0.2) is 43.8 Å². The molecule has 0 aliphatic rings.